The third-order valence-electron chi connectivity index (χ3n) is 10.5. The summed E-state index contributed by atoms with van der Waals surface area (Å²) < 4.78 is 22.6. The first-order chi connectivity index (χ1) is 26.2. The summed E-state index contributed by atoms with van der Waals surface area (Å²) in [6.45, 7) is 14.1. The second-order valence-electron chi connectivity index (χ2n) is 16.4. The summed E-state index contributed by atoms with van der Waals surface area (Å²) in [5, 5.41) is 5.75. The Morgan fingerprint density at radius 2 is 1.67 bits per heavy atom. The topological polar surface area (TPSA) is 131 Å². The van der Waals surface area contributed by atoms with Gasteiger partial charge in [-0.15, -0.1) is 0 Å². The number of nitrogens with one attached hydrogen (secondary N) is 2. The molecular weight excluding hydrogens is 702 g/mol. The van der Waals surface area contributed by atoms with Gasteiger partial charge < -0.3 is 20.3 Å². The predicted octanol–water partition coefficient (Wildman–Crippen LogP) is 5.64. The molecule has 2 aromatic carbocycles. The summed E-state index contributed by atoms with van der Waals surface area (Å²) >= 11 is 0. The Morgan fingerprint density at radius 1 is 0.945 bits per heavy atom. The van der Waals surface area contributed by atoms with Crippen LogP contribution in [0.3, 0.4) is 0 Å². The van der Waals surface area contributed by atoms with E-state index in [2.05, 4.69) is 56.7 Å². The second-order valence-corrected chi connectivity index (χ2v) is 16.4. The van der Waals surface area contributed by atoms with Gasteiger partial charge in [0.1, 0.15) is 17.5 Å². The fourth-order valence-electron chi connectivity index (χ4n) is 7.62. The van der Waals surface area contributed by atoms with Crippen molar-refractivity contribution in [1.29, 1.82) is 0 Å². The minimum Gasteiger partial charge on any atom is -0.444 e. The average Bonchev–Trinajstić information content (AvgIpc) is 3.34. The SMILES string of the molecule is CC(C)[C@H](NC(=O)OC(C)(C)C)C(=O)N[C@H]1CC[C@@H](n2c(=O)c3cc(F)cnc3n(-c3cccc(-c4ccc(CN5CCCN(C)CC5)cc4)c3)c2=O)CC1. The molecule has 55 heavy (non-hydrogen) atoms. The number of fused-ring (bicyclic) bond motifs is 1. The Labute approximate surface area is 321 Å². The first kappa shape index (κ1) is 39.8. The predicted molar refractivity (Wildman–Crippen MR) is 212 cm³/mol. The maximum Gasteiger partial charge on any atom is 0.408 e. The highest BCUT2D eigenvalue weighted by molar-refractivity contribution is 5.86. The molecule has 4 aromatic rings. The standard InChI is InChI=1S/C42H54FN7O5/c1-27(2)36(46-40(53)55-42(3,4)5)38(51)45-32-15-17-33(18-16-32)50-39(52)35-24-31(43)25-44-37(35)49(41(50)54)34-10-7-9-30(23-34)29-13-11-28(12-14-29)26-48-20-8-19-47(6)21-22-48/h7,9-14,23-25,27,32-33,36H,8,15-22,26H2,1-6H3,(H,45,51)(H,46,53)/t32-,33+,36-/m0/s1. The van der Waals surface area contributed by atoms with Crippen molar-refractivity contribution in [3.05, 3.63) is 93.0 Å². The quantitative estimate of drug-likeness (QED) is 0.225. The lowest BCUT2D eigenvalue weighted by atomic mass is 9.90. The number of amides is 2. The fraction of sp³-hybridized carbons (Fsp3) is 0.500. The minimum absolute atomic E-state index is 0.0116. The van der Waals surface area contributed by atoms with Crippen LogP contribution in [0.25, 0.3) is 27.8 Å². The fourth-order valence-corrected chi connectivity index (χ4v) is 7.62. The number of hydrogen-bond donors (Lipinski definition) is 2. The maximum absolute atomic E-state index is 14.6. The van der Waals surface area contributed by atoms with Crippen molar-refractivity contribution in [3.8, 4) is 16.8 Å². The summed E-state index contributed by atoms with van der Waals surface area (Å²) in [6.07, 6.45) is 3.36. The normalized spacial score (nSPS) is 19.2. The van der Waals surface area contributed by atoms with Gasteiger partial charge in [-0.05, 0) is 114 Å². The highest BCUT2D eigenvalue weighted by Crippen LogP contribution is 2.29. The molecule has 2 fully saturated rings. The molecular formula is C42H54FN7O5. The molecule has 13 heteroatoms. The van der Waals surface area contributed by atoms with Gasteiger partial charge in [0.15, 0.2) is 5.65 Å². The van der Waals surface area contributed by atoms with Crippen LogP contribution >= 0.6 is 0 Å². The van der Waals surface area contributed by atoms with E-state index in [-0.39, 0.29) is 28.9 Å². The lowest BCUT2D eigenvalue weighted by molar-refractivity contribution is -0.125. The first-order valence-corrected chi connectivity index (χ1v) is 19.4. The number of hydrogen-bond acceptors (Lipinski definition) is 8. The molecule has 0 unspecified atom stereocenters. The second kappa shape index (κ2) is 16.9. The van der Waals surface area contributed by atoms with E-state index in [1.165, 1.54) is 14.7 Å². The third kappa shape index (κ3) is 9.68. The number of aromatic nitrogens is 3. The molecule has 0 radical (unpaired) electrons. The van der Waals surface area contributed by atoms with Gasteiger partial charge in [0, 0.05) is 31.7 Å². The number of rotatable bonds is 9. The number of carbonyl (C=O) groups excluding carboxylic acids is 2. The van der Waals surface area contributed by atoms with Crippen LogP contribution in [0.4, 0.5) is 9.18 Å². The van der Waals surface area contributed by atoms with E-state index in [0.29, 0.717) is 31.4 Å². The summed E-state index contributed by atoms with van der Waals surface area (Å²) in [4.78, 5) is 63.2. The Kier molecular flexibility index (Phi) is 12.2. The maximum atomic E-state index is 14.6. The molecule has 1 aliphatic carbocycles. The molecule has 2 N–H and O–H groups in total. The van der Waals surface area contributed by atoms with Crippen LogP contribution in [0, 0.1) is 11.7 Å². The highest BCUT2D eigenvalue weighted by atomic mass is 19.1. The van der Waals surface area contributed by atoms with Crippen LogP contribution in [0.15, 0.2) is 70.4 Å². The molecule has 1 atom stereocenters. The van der Waals surface area contributed by atoms with E-state index in [0.717, 1.165) is 62.5 Å². The molecule has 3 heterocycles. The number of benzene rings is 2. The minimum atomic E-state index is -0.800. The monoisotopic (exact) mass is 755 g/mol. The molecule has 2 amide bonds. The molecule has 1 aliphatic heterocycles. The van der Waals surface area contributed by atoms with Crippen LogP contribution in [0.2, 0.25) is 0 Å². The summed E-state index contributed by atoms with van der Waals surface area (Å²) in [6, 6.07) is 15.6. The number of likely N-dealkylation sites (N-methyl/N-ethyl adjacent to an activating group) is 1. The Morgan fingerprint density at radius 3 is 2.36 bits per heavy atom. The zero-order chi connectivity index (χ0) is 39.4. The van der Waals surface area contributed by atoms with Crippen LogP contribution < -0.4 is 21.9 Å². The number of ether oxygens (including phenoxy) is 1. The number of pyridine rings is 1. The van der Waals surface area contributed by atoms with Crippen molar-refractivity contribution < 1.29 is 18.7 Å². The largest absolute Gasteiger partial charge is 0.444 e. The van der Waals surface area contributed by atoms with Gasteiger partial charge >= 0.3 is 11.8 Å². The number of nitrogens with zero attached hydrogens (tertiary/aromatic N) is 5. The summed E-state index contributed by atoms with van der Waals surface area (Å²) in [7, 11) is 2.17. The molecule has 1 saturated carbocycles. The van der Waals surface area contributed by atoms with Crippen molar-refractivity contribution in [2.75, 3.05) is 33.2 Å². The summed E-state index contributed by atoms with van der Waals surface area (Å²) in [5.41, 5.74) is 1.83. The van der Waals surface area contributed by atoms with Crippen molar-refractivity contribution in [1.82, 2.24) is 34.6 Å². The van der Waals surface area contributed by atoms with Crippen molar-refractivity contribution >= 4 is 23.0 Å². The molecule has 2 aliphatic rings. The van der Waals surface area contributed by atoms with E-state index in [1.54, 1.807) is 26.8 Å². The molecule has 294 valence electrons. The Hall–Kier alpha value is -4.88. The van der Waals surface area contributed by atoms with Gasteiger partial charge in [-0.1, -0.05) is 50.2 Å². The van der Waals surface area contributed by atoms with Crippen LogP contribution in [-0.4, -0.2) is 86.8 Å². The van der Waals surface area contributed by atoms with E-state index < -0.39 is 40.8 Å². The summed E-state index contributed by atoms with van der Waals surface area (Å²) in [5.74, 6) is -1.19. The molecule has 2 aromatic heterocycles. The van der Waals surface area contributed by atoms with E-state index >= 15 is 0 Å². The van der Waals surface area contributed by atoms with Gasteiger partial charge in [0.05, 0.1) is 17.3 Å². The van der Waals surface area contributed by atoms with E-state index in [1.807, 2.05) is 32.0 Å². The van der Waals surface area contributed by atoms with Crippen molar-refractivity contribution in [3.63, 3.8) is 0 Å². The van der Waals surface area contributed by atoms with Crippen LogP contribution in [0.1, 0.15) is 78.3 Å². The highest BCUT2D eigenvalue weighted by Gasteiger charge is 2.32. The number of carbonyl (C=O) groups is 2. The van der Waals surface area contributed by atoms with Gasteiger partial charge in [-0.25, -0.2) is 23.5 Å². The van der Waals surface area contributed by atoms with Gasteiger partial charge in [0.2, 0.25) is 5.91 Å². The van der Waals surface area contributed by atoms with Crippen molar-refractivity contribution in [2.24, 2.45) is 5.92 Å². The van der Waals surface area contributed by atoms with Crippen molar-refractivity contribution in [2.45, 2.75) is 97.0 Å². The van der Waals surface area contributed by atoms with Crippen LogP contribution in [-0.2, 0) is 16.1 Å². The Balaban J connectivity index is 1.22. The van der Waals surface area contributed by atoms with Gasteiger partial charge in [-0.2, -0.15) is 0 Å². The third-order valence-corrected chi connectivity index (χ3v) is 10.5. The molecule has 0 spiro atoms. The molecule has 6 rings (SSSR count). The van der Waals surface area contributed by atoms with E-state index in [9.17, 15) is 23.6 Å². The average molecular weight is 756 g/mol. The lowest BCUT2D eigenvalue weighted by Gasteiger charge is -2.32. The first-order valence-electron chi connectivity index (χ1n) is 19.4. The zero-order valence-corrected chi connectivity index (χ0v) is 32.8. The van der Waals surface area contributed by atoms with E-state index in [4.69, 9.17) is 4.74 Å². The number of alkyl carbamates (subject to hydrolysis) is 1. The van der Waals surface area contributed by atoms with Gasteiger partial charge in [-0.3, -0.25) is 19.1 Å². The molecule has 1 saturated heterocycles. The smallest absolute Gasteiger partial charge is 0.408 e. The number of halogens is 1. The Bertz CT molecular complexity index is 2120. The van der Waals surface area contributed by atoms with Gasteiger partial charge in [0.25, 0.3) is 5.56 Å². The van der Waals surface area contributed by atoms with Crippen LogP contribution in [0.5, 0.6) is 0 Å². The lowest BCUT2D eigenvalue weighted by Crippen LogP contribution is -2.53. The molecule has 12 nitrogen and oxygen atoms in total. The molecule has 0 bridgehead atoms. The zero-order valence-electron chi connectivity index (χ0n) is 32.8.